The molecule has 3 saturated heterocycles. The van der Waals surface area contributed by atoms with E-state index in [0.717, 1.165) is 5.56 Å². The van der Waals surface area contributed by atoms with E-state index in [2.05, 4.69) is 5.32 Å². The summed E-state index contributed by atoms with van der Waals surface area (Å²) in [6.07, 6.45) is 1.42. The minimum absolute atomic E-state index is 0.137. The van der Waals surface area contributed by atoms with Crippen molar-refractivity contribution in [3.05, 3.63) is 70.5 Å². The van der Waals surface area contributed by atoms with Crippen LogP contribution in [0.4, 0.5) is 9.18 Å². The van der Waals surface area contributed by atoms with Crippen molar-refractivity contribution in [2.24, 2.45) is 0 Å². The minimum atomic E-state index is -3.60. The number of piperidine rings is 3. The maximum Gasteiger partial charge on any atom is 0.410 e. The molecule has 0 saturated carbocycles. The second kappa shape index (κ2) is 12.3. The minimum Gasteiger partial charge on any atom is -0.445 e. The number of rotatable bonds is 6. The lowest BCUT2D eigenvalue weighted by Gasteiger charge is -2.37. The lowest BCUT2D eigenvalue weighted by atomic mass is 9.88. The monoisotopic (exact) mass is 626 g/mol. The van der Waals surface area contributed by atoms with E-state index in [1.807, 2.05) is 30.3 Å². The highest BCUT2D eigenvalue weighted by Gasteiger charge is 2.41. The lowest BCUT2D eigenvalue weighted by Crippen LogP contribution is -2.52. The van der Waals surface area contributed by atoms with Crippen LogP contribution in [0.1, 0.15) is 71.5 Å². The molecule has 1 atom stereocenters. The van der Waals surface area contributed by atoms with Gasteiger partial charge in [0.05, 0.1) is 5.25 Å². The van der Waals surface area contributed by atoms with Gasteiger partial charge in [0.25, 0.3) is 5.91 Å². The molecule has 2 aromatic carbocycles. The Morgan fingerprint density at radius 2 is 1.66 bits per heavy atom. The van der Waals surface area contributed by atoms with Crippen molar-refractivity contribution in [2.75, 3.05) is 26.2 Å². The van der Waals surface area contributed by atoms with Crippen LogP contribution in [0.3, 0.4) is 0 Å². The fourth-order valence-electron chi connectivity index (χ4n) is 6.70. The van der Waals surface area contributed by atoms with Gasteiger partial charge in [-0.25, -0.2) is 21.9 Å². The van der Waals surface area contributed by atoms with Crippen LogP contribution in [0.25, 0.3) is 0 Å². The number of nitrogens with one attached hydrogen (secondary N) is 1. The smallest absolute Gasteiger partial charge is 0.410 e. The van der Waals surface area contributed by atoms with Crippen LogP contribution < -0.4 is 5.32 Å². The summed E-state index contributed by atoms with van der Waals surface area (Å²) in [4.78, 5) is 52.3. The Kier molecular flexibility index (Phi) is 8.42. The molecule has 0 aliphatic carbocycles. The number of likely N-dealkylation sites (tertiary alicyclic amines) is 1. The zero-order chi connectivity index (χ0) is 31.0. The summed E-state index contributed by atoms with van der Waals surface area (Å²) in [6, 6.07) is 11.5. The van der Waals surface area contributed by atoms with Crippen molar-refractivity contribution in [2.45, 2.75) is 68.9 Å². The number of carbonyl (C=O) groups is 4. The quantitative estimate of drug-likeness (QED) is 0.488. The van der Waals surface area contributed by atoms with Gasteiger partial charge in [-0.3, -0.25) is 19.7 Å². The van der Waals surface area contributed by atoms with Crippen LogP contribution in [0.2, 0.25) is 0 Å². The zero-order valence-corrected chi connectivity index (χ0v) is 25.1. The van der Waals surface area contributed by atoms with Crippen LogP contribution >= 0.6 is 0 Å². The van der Waals surface area contributed by atoms with Gasteiger partial charge in [-0.15, -0.1) is 0 Å². The molecule has 0 radical (unpaired) electrons. The average molecular weight is 627 g/mol. The maximum atomic E-state index is 15.3. The third-order valence-corrected chi connectivity index (χ3v) is 11.6. The first-order valence-corrected chi connectivity index (χ1v) is 16.5. The summed E-state index contributed by atoms with van der Waals surface area (Å²) < 4.78 is 49.1. The van der Waals surface area contributed by atoms with E-state index in [-0.39, 0.29) is 56.5 Å². The number of hydrogen-bond acceptors (Lipinski definition) is 7. The van der Waals surface area contributed by atoms with E-state index in [1.165, 1.54) is 15.3 Å². The Hall–Kier alpha value is -3.84. The topological polar surface area (TPSA) is 133 Å². The molecule has 4 heterocycles. The summed E-state index contributed by atoms with van der Waals surface area (Å²) in [5, 5.41) is 1.66. The SMILES string of the molecule is O=C1CCC(N2Cc3cc(C4CCN(S(=O)(=O)C5CCN(C(=O)OCc6ccccc6)CC5)CC4)c(F)cc3C2=O)C(=O)N1. The molecule has 0 spiro atoms. The van der Waals surface area contributed by atoms with E-state index in [0.29, 0.717) is 49.9 Å². The van der Waals surface area contributed by atoms with Gasteiger partial charge >= 0.3 is 6.09 Å². The number of carbonyl (C=O) groups excluding carboxylic acids is 4. The fourth-order valence-corrected chi connectivity index (χ4v) is 8.65. The molecule has 0 aromatic heterocycles. The summed E-state index contributed by atoms with van der Waals surface area (Å²) in [7, 11) is -3.60. The van der Waals surface area contributed by atoms with Crippen LogP contribution in [0.5, 0.6) is 0 Å². The molecule has 11 nitrogen and oxygen atoms in total. The molecule has 44 heavy (non-hydrogen) atoms. The molecule has 234 valence electrons. The number of hydrogen-bond donors (Lipinski definition) is 1. The molecule has 0 bridgehead atoms. The summed E-state index contributed by atoms with van der Waals surface area (Å²) in [5.41, 5.74) is 2.16. The Balaban J connectivity index is 1.03. The zero-order valence-electron chi connectivity index (χ0n) is 24.2. The summed E-state index contributed by atoms with van der Waals surface area (Å²) >= 11 is 0. The number of halogens is 1. The molecule has 4 aliphatic heterocycles. The van der Waals surface area contributed by atoms with Crippen LogP contribution in [-0.2, 0) is 37.5 Å². The van der Waals surface area contributed by atoms with E-state index in [4.69, 9.17) is 4.74 Å². The molecule has 4 amide bonds. The molecule has 3 fully saturated rings. The average Bonchev–Trinajstić information content (AvgIpc) is 3.34. The predicted octanol–water partition coefficient (Wildman–Crippen LogP) is 2.90. The number of sulfonamides is 1. The van der Waals surface area contributed by atoms with E-state index < -0.39 is 45.0 Å². The number of nitrogens with zero attached hydrogens (tertiary/aromatic N) is 3. The standard InChI is InChI=1S/C31H35FN4O7S/c32-26-17-25-22(18-36(30(25)39)27-6-7-28(37)33-29(27)38)16-24(26)21-8-14-35(15-9-21)44(41,42)23-10-12-34(13-11-23)31(40)43-19-20-4-2-1-3-5-20/h1-5,16-17,21,23,27H,6-15,18-19H2,(H,33,37,38). The maximum absolute atomic E-state index is 15.3. The predicted molar refractivity (Wildman–Crippen MR) is 156 cm³/mol. The van der Waals surface area contributed by atoms with Gasteiger partial charge < -0.3 is 14.5 Å². The number of fused-ring (bicyclic) bond motifs is 1. The third-order valence-electron chi connectivity index (χ3n) is 9.22. The van der Waals surface area contributed by atoms with Crippen molar-refractivity contribution >= 4 is 33.8 Å². The Bertz CT molecular complexity index is 1570. The molecular weight excluding hydrogens is 591 g/mol. The first-order chi connectivity index (χ1) is 21.1. The molecular formula is C31H35FN4O7S. The van der Waals surface area contributed by atoms with Gasteiger partial charge in [0.15, 0.2) is 0 Å². The summed E-state index contributed by atoms with van der Waals surface area (Å²) in [6.45, 7) is 1.41. The van der Waals surface area contributed by atoms with Crippen molar-refractivity contribution < 1.29 is 36.7 Å². The number of imide groups is 1. The molecule has 4 aliphatic rings. The molecule has 2 aromatic rings. The van der Waals surface area contributed by atoms with E-state index in [1.54, 1.807) is 11.0 Å². The second-order valence-corrected chi connectivity index (χ2v) is 14.1. The molecule has 6 rings (SSSR count). The van der Waals surface area contributed by atoms with Crippen molar-refractivity contribution in [1.82, 2.24) is 19.4 Å². The second-order valence-electron chi connectivity index (χ2n) is 11.9. The van der Waals surface area contributed by atoms with Gasteiger partial charge in [0, 0.05) is 44.7 Å². The molecule has 13 heteroatoms. The number of ether oxygens (including phenoxy) is 1. The van der Waals surface area contributed by atoms with Gasteiger partial charge in [0.2, 0.25) is 21.8 Å². The Labute approximate surface area is 255 Å². The van der Waals surface area contributed by atoms with E-state index >= 15 is 4.39 Å². The lowest BCUT2D eigenvalue weighted by molar-refractivity contribution is -0.136. The first-order valence-electron chi connectivity index (χ1n) is 15.0. The first kappa shape index (κ1) is 30.2. The molecule has 1 unspecified atom stereocenters. The van der Waals surface area contributed by atoms with Crippen molar-refractivity contribution in [1.29, 1.82) is 0 Å². The van der Waals surface area contributed by atoms with Gasteiger partial charge in [-0.2, -0.15) is 0 Å². The van der Waals surface area contributed by atoms with Crippen LogP contribution in [0.15, 0.2) is 42.5 Å². The highest BCUT2D eigenvalue weighted by molar-refractivity contribution is 7.89. The van der Waals surface area contributed by atoms with Crippen molar-refractivity contribution in [3.8, 4) is 0 Å². The van der Waals surface area contributed by atoms with Crippen molar-refractivity contribution in [3.63, 3.8) is 0 Å². The summed E-state index contributed by atoms with van der Waals surface area (Å²) in [5.74, 6) is -2.06. The number of benzene rings is 2. The number of amides is 4. The molecule has 1 N–H and O–H groups in total. The van der Waals surface area contributed by atoms with Gasteiger partial charge in [0.1, 0.15) is 18.5 Å². The largest absolute Gasteiger partial charge is 0.445 e. The van der Waals surface area contributed by atoms with E-state index in [9.17, 15) is 27.6 Å². The van der Waals surface area contributed by atoms with Crippen LogP contribution in [-0.4, -0.2) is 83.8 Å². The Morgan fingerprint density at radius 1 is 0.955 bits per heavy atom. The third kappa shape index (κ3) is 5.94. The highest BCUT2D eigenvalue weighted by atomic mass is 32.2. The normalized spacial score (nSPS) is 22.2. The fraction of sp³-hybridized carbons (Fsp3) is 0.484. The van der Waals surface area contributed by atoms with Gasteiger partial charge in [-0.1, -0.05) is 36.4 Å². The Morgan fingerprint density at radius 3 is 2.34 bits per heavy atom. The van der Waals surface area contributed by atoms with Crippen LogP contribution in [0, 0.1) is 5.82 Å². The highest BCUT2D eigenvalue weighted by Crippen LogP contribution is 2.36. The van der Waals surface area contributed by atoms with Gasteiger partial charge in [-0.05, 0) is 60.8 Å².